The van der Waals surface area contributed by atoms with E-state index >= 15 is 0 Å². The van der Waals surface area contributed by atoms with Crippen LogP contribution in [-0.2, 0) is 0 Å². The first-order valence-electron chi connectivity index (χ1n) is 13.2. The van der Waals surface area contributed by atoms with E-state index in [1.54, 1.807) is 31.3 Å². The molecule has 1 aliphatic carbocycles. The number of rotatable bonds is 7. The Balaban J connectivity index is 1.26. The van der Waals surface area contributed by atoms with Crippen molar-refractivity contribution in [2.45, 2.75) is 88.9 Å². The second-order valence-electron chi connectivity index (χ2n) is 10.5. The lowest BCUT2D eigenvalue weighted by Gasteiger charge is -2.40. The Hall–Kier alpha value is -3.42. The summed E-state index contributed by atoms with van der Waals surface area (Å²) in [6.07, 6.45) is 11.2. The SMILES string of the molecule is CC(=O)c1ccc(N2[C@@H]3CC[C@H]2C[C@@H](NC(=O)c2ccc(C(N)=O)c(NC4CCCCC4)c2)C3)nc1. The molecular weight excluding hydrogens is 454 g/mol. The Morgan fingerprint density at radius 2 is 1.61 bits per heavy atom. The average molecular weight is 490 g/mol. The van der Waals surface area contributed by atoms with Crippen molar-refractivity contribution in [2.24, 2.45) is 5.73 Å². The molecule has 1 aromatic carbocycles. The Morgan fingerprint density at radius 1 is 0.917 bits per heavy atom. The van der Waals surface area contributed by atoms with Gasteiger partial charge < -0.3 is 21.3 Å². The number of anilines is 2. The number of primary amides is 1. The number of carbonyl (C=O) groups is 3. The molecule has 0 unspecified atom stereocenters. The first kappa shape index (κ1) is 24.3. The highest BCUT2D eigenvalue weighted by molar-refractivity contribution is 6.02. The molecule has 0 spiro atoms. The van der Waals surface area contributed by atoms with Crippen LogP contribution in [0.15, 0.2) is 36.5 Å². The van der Waals surface area contributed by atoms with Crippen LogP contribution in [0.3, 0.4) is 0 Å². The third-order valence-corrected chi connectivity index (χ3v) is 8.00. The summed E-state index contributed by atoms with van der Waals surface area (Å²) >= 11 is 0. The minimum absolute atomic E-state index is 0.0133. The van der Waals surface area contributed by atoms with E-state index in [0.29, 0.717) is 40.5 Å². The van der Waals surface area contributed by atoms with Gasteiger partial charge in [-0.05, 0) is 75.8 Å². The fraction of sp³-hybridized carbons (Fsp3) is 0.500. The molecule has 2 aliphatic heterocycles. The Labute approximate surface area is 212 Å². The first-order valence-corrected chi connectivity index (χ1v) is 13.2. The van der Waals surface area contributed by atoms with Gasteiger partial charge in [0.05, 0.1) is 5.56 Å². The smallest absolute Gasteiger partial charge is 0.251 e. The number of nitrogens with zero attached hydrogens (tertiary/aromatic N) is 2. The summed E-state index contributed by atoms with van der Waals surface area (Å²) in [7, 11) is 0. The topological polar surface area (TPSA) is 117 Å². The third-order valence-electron chi connectivity index (χ3n) is 8.00. The van der Waals surface area contributed by atoms with Crippen molar-refractivity contribution in [1.82, 2.24) is 10.3 Å². The van der Waals surface area contributed by atoms with E-state index in [2.05, 4.69) is 20.5 Å². The van der Waals surface area contributed by atoms with E-state index in [4.69, 9.17) is 5.73 Å². The highest BCUT2D eigenvalue weighted by Gasteiger charge is 2.41. The van der Waals surface area contributed by atoms with Crippen molar-refractivity contribution < 1.29 is 14.4 Å². The van der Waals surface area contributed by atoms with Gasteiger partial charge in [0.15, 0.2) is 5.78 Å². The molecule has 36 heavy (non-hydrogen) atoms. The molecule has 2 aromatic rings. The summed E-state index contributed by atoms with van der Waals surface area (Å²) in [4.78, 5) is 43.7. The standard InChI is InChI=1S/C28H35N5O3/c1-17(34)19-8-12-26(30-16-19)33-22-9-10-23(33)15-21(14-22)32-28(36)18-7-11-24(27(29)35)25(13-18)31-20-5-3-2-4-6-20/h7-8,11-13,16,20-23,31H,2-6,9-10,14-15H2,1H3,(H2,29,35)(H,32,36)/t21-,22+,23-. The number of aromatic nitrogens is 1. The number of amides is 2. The van der Waals surface area contributed by atoms with E-state index in [1.807, 2.05) is 12.1 Å². The van der Waals surface area contributed by atoms with Crippen LogP contribution in [0.4, 0.5) is 11.5 Å². The summed E-state index contributed by atoms with van der Waals surface area (Å²) in [6, 6.07) is 9.89. The van der Waals surface area contributed by atoms with E-state index in [9.17, 15) is 14.4 Å². The van der Waals surface area contributed by atoms with Crippen LogP contribution in [0, 0.1) is 0 Å². The first-order chi connectivity index (χ1) is 17.4. The quantitative estimate of drug-likeness (QED) is 0.505. The predicted molar refractivity (Wildman–Crippen MR) is 139 cm³/mol. The van der Waals surface area contributed by atoms with Gasteiger partial charge in [0.2, 0.25) is 0 Å². The van der Waals surface area contributed by atoms with Crippen LogP contribution < -0.4 is 21.3 Å². The zero-order valence-electron chi connectivity index (χ0n) is 20.8. The third kappa shape index (κ3) is 5.08. The van der Waals surface area contributed by atoms with Gasteiger partial charge in [0, 0.05) is 47.2 Å². The van der Waals surface area contributed by atoms with E-state index in [-0.39, 0.29) is 17.7 Å². The van der Waals surface area contributed by atoms with E-state index in [0.717, 1.165) is 44.3 Å². The van der Waals surface area contributed by atoms with Gasteiger partial charge >= 0.3 is 0 Å². The number of fused-ring (bicyclic) bond motifs is 2. The van der Waals surface area contributed by atoms with Crippen molar-refractivity contribution >= 4 is 29.1 Å². The van der Waals surface area contributed by atoms with Crippen molar-refractivity contribution in [3.8, 4) is 0 Å². The normalized spacial score (nSPS) is 23.8. The number of hydrogen-bond acceptors (Lipinski definition) is 6. The lowest BCUT2D eigenvalue weighted by atomic mass is 9.94. The maximum Gasteiger partial charge on any atom is 0.251 e. The molecule has 2 saturated heterocycles. The van der Waals surface area contributed by atoms with Gasteiger partial charge in [0.25, 0.3) is 11.8 Å². The number of carbonyl (C=O) groups excluding carboxylic acids is 3. The molecule has 190 valence electrons. The lowest BCUT2D eigenvalue weighted by molar-refractivity contribution is 0.0924. The molecule has 3 aliphatic rings. The molecule has 5 rings (SSSR count). The summed E-state index contributed by atoms with van der Waals surface area (Å²) < 4.78 is 0. The molecule has 1 saturated carbocycles. The number of benzene rings is 1. The summed E-state index contributed by atoms with van der Waals surface area (Å²) in [6.45, 7) is 1.55. The molecule has 2 bridgehead atoms. The molecule has 0 radical (unpaired) electrons. The van der Waals surface area contributed by atoms with Crippen LogP contribution in [-0.4, -0.2) is 46.7 Å². The molecule has 3 fully saturated rings. The highest BCUT2D eigenvalue weighted by atomic mass is 16.2. The minimum atomic E-state index is -0.492. The Bertz CT molecular complexity index is 1130. The van der Waals surface area contributed by atoms with Gasteiger partial charge in [-0.15, -0.1) is 0 Å². The second-order valence-corrected chi connectivity index (χ2v) is 10.5. The number of pyridine rings is 1. The molecular formula is C28H35N5O3. The van der Waals surface area contributed by atoms with Crippen LogP contribution in [0.1, 0.15) is 95.8 Å². The summed E-state index contributed by atoms with van der Waals surface area (Å²) in [5, 5.41) is 6.71. The zero-order chi connectivity index (χ0) is 25.2. The van der Waals surface area contributed by atoms with Crippen molar-refractivity contribution in [3.63, 3.8) is 0 Å². The van der Waals surface area contributed by atoms with Crippen LogP contribution in [0.5, 0.6) is 0 Å². The fourth-order valence-corrected chi connectivity index (χ4v) is 6.17. The number of hydrogen-bond donors (Lipinski definition) is 3. The van der Waals surface area contributed by atoms with Crippen LogP contribution in [0.25, 0.3) is 0 Å². The van der Waals surface area contributed by atoms with Crippen LogP contribution >= 0.6 is 0 Å². The molecule has 2 amide bonds. The molecule has 8 nitrogen and oxygen atoms in total. The molecule has 8 heteroatoms. The van der Waals surface area contributed by atoms with Crippen molar-refractivity contribution in [1.29, 1.82) is 0 Å². The van der Waals surface area contributed by atoms with E-state index in [1.165, 1.54) is 19.3 Å². The van der Waals surface area contributed by atoms with Gasteiger partial charge in [-0.2, -0.15) is 0 Å². The van der Waals surface area contributed by atoms with Crippen LogP contribution in [0.2, 0.25) is 0 Å². The predicted octanol–water partition coefficient (Wildman–Crippen LogP) is 4.06. The Kier molecular flexibility index (Phi) is 6.94. The maximum atomic E-state index is 13.2. The summed E-state index contributed by atoms with van der Waals surface area (Å²) in [5.41, 5.74) is 7.84. The number of nitrogens with two attached hydrogens (primary N) is 1. The Morgan fingerprint density at radius 3 is 2.22 bits per heavy atom. The minimum Gasteiger partial charge on any atom is -0.382 e. The van der Waals surface area contributed by atoms with Gasteiger partial charge in [-0.25, -0.2) is 4.98 Å². The molecule has 1 aromatic heterocycles. The van der Waals surface area contributed by atoms with Crippen molar-refractivity contribution in [2.75, 3.05) is 10.2 Å². The van der Waals surface area contributed by atoms with E-state index < -0.39 is 5.91 Å². The molecule has 3 atom stereocenters. The highest BCUT2D eigenvalue weighted by Crippen LogP contribution is 2.38. The molecule has 4 N–H and O–H groups in total. The second kappa shape index (κ2) is 10.3. The number of ketones is 1. The number of piperidine rings is 1. The lowest BCUT2D eigenvalue weighted by Crippen LogP contribution is -2.50. The van der Waals surface area contributed by atoms with Gasteiger partial charge in [-0.1, -0.05) is 19.3 Å². The fourth-order valence-electron chi connectivity index (χ4n) is 6.17. The zero-order valence-corrected chi connectivity index (χ0v) is 20.8. The summed E-state index contributed by atoms with van der Waals surface area (Å²) in [5.74, 6) is 0.297. The number of nitrogens with one attached hydrogen (secondary N) is 2. The van der Waals surface area contributed by atoms with Crippen molar-refractivity contribution in [3.05, 3.63) is 53.2 Å². The average Bonchev–Trinajstić information content (AvgIpc) is 3.14. The van der Waals surface area contributed by atoms with Gasteiger partial charge in [0.1, 0.15) is 5.82 Å². The molecule has 3 heterocycles. The van der Waals surface area contributed by atoms with Gasteiger partial charge in [-0.3, -0.25) is 14.4 Å². The maximum absolute atomic E-state index is 13.2. The monoisotopic (exact) mass is 489 g/mol. The largest absolute Gasteiger partial charge is 0.382 e. The number of Topliss-reactive ketones (excluding diaryl/α,β-unsaturated/α-hetero) is 1.